The Morgan fingerprint density at radius 1 is 1.10 bits per heavy atom. The molecule has 7 nitrogen and oxygen atoms in total. The van der Waals surface area contributed by atoms with Crippen molar-refractivity contribution in [2.24, 2.45) is 5.92 Å². The normalized spacial score (nSPS) is 21.3. The van der Waals surface area contributed by atoms with E-state index in [0.29, 0.717) is 0 Å². The van der Waals surface area contributed by atoms with Crippen LogP contribution in [0.25, 0.3) is 0 Å². The van der Waals surface area contributed by atoms with Crippen LogP contribution < -0.4 is 10.6 Å². The zero-order chi connectivity index (χ0) is 15.4. The monoisotopic (exact) mass is 297 g/mol. The Labute approximate surface area is 124 Å². The number of hydrogen-bond donors (Lipinski definition) is 3. The highest BCUT2D eigenvalue weighted by Gasteiger charge is 2.37. The van der Waals surface area contributed by atoms with Crippen LogP contribution in [0.15, 0.2) is 0 Å². The first-order valence-electron chi connectivity index (χ1n) is 7.57. The SMILES string of the molecule is CC(NC(=O)NC(C(=O)O)C1CC1)C(=O)N1CCCCC1. The Morgan fingerprint density at radius 3 is 2.24 bits per heavy atom. The lowest BCUT2D eigenvalue weighted by Crippen LogP contribution is -2.54. The lowest BCUT2D eigenvalue weighted by molar-refractivity contribution is -0.139. The van der Waals surface area contributed by atoms with Crippen molar-refractivity contribution < 1.29 is 19.5 Å². The molecule has 2 unspecified atom stereocenters. The average Bonchev–Trinajstić information content (AvgIpc) is 3.29. The summed E-state index contributed by atoms with van der Waals surface area (Å²) in [6, 6.07) is -2.09. The number of likely N-dealkylation sites (tertiary alicyclic amines) is 1. The molecule has 2 aliphatic rings. The molecular formula is C14H23N3O4. The quantitative estimate of drug-likeness (QED) is 0.690. The van der Waals surface area contributed by atoms with Gasteiger partial charge in [0.05, 0.1) is 0 Å². The summed E-state index contributed by atoms with van der Waals surface area (Å²) in [6.45, 7) is 3.09. The standard InChI is InChI=1S/C14H23N3O4/c1-9(12(18)17-7-3-2-4-8-17)15-14(21)16-11(13(19)20)10-5-6-10/h9-11H,2-8H2,1H3,(H,19,20)(H2,15,16,21). The van der Waals surface area contributed by atoms with Crippen molar-refractivity contribution in [3.8, 4) is 0 Å². The van der Waals surface area contributed by atoms with Crippen LogP contribution in [0.2, 0.25) is 0 Å². The van der Waals surface area contributed by atoms with Crippen LogP contribution in [0.4, 0.5) is 4.79 Å². The Morgan fingerprint density at radius 2 is 1.71 bits per heavy atom. The summed E-state index contributed by atoms with van der Waals surface area (Å²) >= 11 is 0. The van der Waals surface area contributed by atoms with E-state index in [4.69, 9.17) is 5.11 Å². The lowest BCUT2D eigenvalue weighted by Gasteiger charge is -2.29. The summed E-state index contributed by atoms with van der Waals surface area (Å²) in [5.41, 5.74) is 0. The highest BCUT2D eigenvalue weighted by atomic mass is 16.4. The molecule has 1 aliphatic carbocycles. The van der Waals surface area contributed by atoms with Gasteiger partial charge in [0.2, 0.25) is 5.91 Å². The number of amides is 3. The molecule has 3 amide bonds. The maximum Gasteiger partial charge on any atom is 0.326 e. The predicted molar refractivity (Wildman–Crippen MR) is 75.7 cm³/mol. The number of hydrogen-bond acceptors (Lipinski definition) is 3. The molecule has 3 N–H and O–H groups in total. The van der Waals surface area contributed by atoms with Gasteiger partial charge in [-0.25, -0.2) is 9.59 Å². The third-order valence-corrected chi connectivity index (χ3v) is 4.03. The molecule has 0 aromatic heterocycles. The van der Waals surface area contributed by atoms with Crippen molar-refractivity contribution in [2.45, 2.75) is 51.1 Å². The largest absolute Gasteiger partial charge is 0.480 e. The van der Waals surface area contributed by atoms with Gasteiger partial charge in [0.25, 0.3) is 0 Å². The number of rotatable bonds is 5. The molecule has 1 heterocycles. The van der Waals surface area contributed by atoms with Crippen LogP contribution in [0.3, 0.4) is 0 Å². The molecule has 21 heavy (non-hydrogen) atoms. The van der Waals surface area contributed by atoms with E-state index < -0.39 is 24.1 Å². The van der Waals surface area contributed by atoms with Gasteiger partial charge >= 0.3 is 12.0 Å². The Balaban J connectivity index is 1.80. The van der Waals surface area contributed by atoms with Crippen LogP contribution in [0.1, 0.15) is 39.0 Å². The molecule has 7 heteroatoms. The van der Waals surface area contributed by atoms with Crippen LogP contribution in [-0.4, -0.2) is 53.1 Å². The maximum atomic E-state index is 12.2. The first-order chi connectivity index (χ1) is 9.99. The van der Waals surface area contributed by atoms with Crippen LogP contribution in [0, 0.1) is 5.92 Å². The van der Waals surface area contributed by atoms with E-state index in [0.717, 1.165) is 45.2 Å². The second-order valence-corrected chi connectivity index (χ2v) is 5.88. The smallest absolute Gasteiger partial charge is 0.326 e. The molecule has 1 aliphatic heterocycles. The minimum Gasteiger partial charge on any atom is -0.480 e. The second-order valence-electron chi connectivity index (χ2n) is 5.88. The molecular weight excluding hydrogens is 274 g/mol. The third-order valence-electron chi connectivity index (χ3n) is 4.03. The van der Waals surface area contributed by atoms with Gasteiger partial charge in [0.15, 0.2) is 0 Å². The van der Waals surface area contributed by atoms with Crippen LogP contribution >= 0.6 is 0 Å². The summed E-state index contributed by atoms with van der Waals surface area (Å²) < 4.78 is 0. The number of aliphatic carboxylic acids is 1. The predicted octanol–water partition coefficient (Wildman–Crippen LogP) is 0.550. The topological polar surface area (TPSA) is 98.7 Å². The van der Waals surface area contributed by atoms with Gasteiger partial charge in [-0.05, 0) is 44.9 Å². The van der Waals surface area contributed by atoms with Gasteiger partial charge < -0.3 is 20.6 Å². The number of nitrogens with one attached hydrogen (secondary N) is 2. The van der Waals surface area contributed by atoms with Crippen molar-refractivity contribution in [3.05, 3.63) is 0 Å². The molecule has 0 spiro atoms. The summed E-state index contributed by atoms with van der Waals surface area (Å²) in [7, 11) is 0. The van der Waals surface area contributed by atoms with Gasteiger partial charge in [0.1, 0.15) is 12.1 Å². The summed E-state index contributed by atoms with van der Waals surface area (Å²) in [4.78, 5) is 36.8. The van der Waals surface area contributed by atoms with Crippen molar-refractivity contribution in [3.63, 3.8) is 0 Å². The van der Waals surface area contributed by atoms with Crippen molar-refractivity contribution >= 4 is 17.9 Å². The zero-order valence-corrected chi connectivity index (χ0v) is 12.3. The van der Waals surface area contributed by atoms with E-state index in [-0.39, 0.29) is 11.8 Å². The molecule has 1 saturated carbocycles. The van der Waals surface area contributed by atoms with Crippen molar-refractivity contribution in [1.29, 1.82) is 0 Å². The zero-order valence-electron chi connectivity index (χ0n) is 12.3. The van der Waals surface area contributed by atoms with Crippen LogP contribution in [-0.2, 0) is 9.59 Å². The molecule has 2 atom stereocenters. The fourth-order valence-corrected chi connectivity index (χ4v) is 2.64. The van der Waals surface area contributed by atoms with Crippen molar-refractivity contribution in [1.82, 2.24) is 15.5 Å². The van der Waals surface area contributed by atoms with E-state index in [2.05, 4.69) is 10.6 Å². The fourth-order valence-electron chi connectivity index (χ4n) is 2.64. The van der Waals surface area contributed by atoms with E-state index >= 15 is 0 Å². The lowest BCUT2D eigenvalue weighted by atomic mass is 10.1. The third kappa shape index (κ3) is 4.34. The molecule has 118 valence electrons. The molecule has 1 saturated heterocycles. The number of carbonyl (C=O) groups is 3. The number of urea groups is 1. The van der Waals surface area contributed by atoms with Crippen LogP contribution in [0.5, 0.6) is 0 Å². The first-order valence-corrected chi connectivity index (χ1v) is 7.57. The highest BCUT2D eigenvalue weighted by molar-refractivity contribution is 5.88. The molecule has 2 rings (SSSR count). The maximum absolute atomic E-state index is 12.2. The fraction of sp³-hybridized carbons (Fsp3) is 0.786. The minimum absolute atomic E-state index is 0.0151. The summed E-state index contributed by atoms with van der Waals surface area (Å²) in [6.07, 6.45) is 4.76. The van der Waals surface area contributed by atoms with Gasteiger partial charge in [-0.15, -0.1) is 0 Å². The molecule has 0 aromatic carbocycles. The molecule has 2 fully saturated rings. The van der Waals surface area contributed by atoms with Gasteiger partial charge in [-0.3, -0.25) is 4.79 Å². The number of carboxylic acid groups (broad SMARTS) is 1. The Hall–Kier alpha value is -1.79. The van der Waals surface area contributed by atoms with Gasteiger partial charge in [-0.1, -0.05) is 0 Å². The van der Waals surface area contributed by atoms with Gasteiger partial charge in [-0.2, -0.15) is 0 Å². The van der Waals surface area contributed by atoms with E-state index in [1.54, 1.807) is 11.8 Å². The number of carboxylic acids is 1. The molecule has 0 aromatic rings. The van der Waals surface area contributed by atoms with Crippen molar-refractivity contribution in [2.75, 3.05) is 13.1 Å². The van der Waals surface area contributed by atoms with E-state index in [1.807, 2.05) is 0 Å². The highest BCUT2D eigenvalue weighted by Crippen LogP contribution is 2.32. The van der Waals surface area contributed by atoms with E-state index in [9.17, 15) is 14.4 Å². The number of piperidine rings is 1. The van der Waals surface area contributed by atoms with E-state index in [1.165, 1.54) is 0 Å². The number of nitrogens with zero attached hydrogens (tertiary/aromatic N) is 1. The number of carbonyl (C=O) groups excluding carboxylic acids is 2. The Kier molecular flexibility index (Phi) is 5.03. The summed E-state index contributed by atoms with van der Waals surface area (Å²) in [5.74, 6) is -1.12. The Bertz CT molecular complexity index is 416. The molecule has 0 bridgehead atoms. The first kappa shape index (κ1) is 15.6. The summed E-state index contributed by atoms with van der Waals surface area (Å²) in [5, 5.41) is 14.0. The van der Waals surface area contributed by atoms with Gasteiger partial charge in [0, 0.05) is 13.1 Å². The minimum atomic E-state index is -1.03. The average molecular weight is 297 g/mol. The second kappa shape index (κ2) is 6.78. The molecule has 0 radical (unpaired) electrons.